The largest absolute Gasteiger partial charge is 0.508 e. The first kappa shape index (κ1) is 13.7. The van der Waals surface area contributed by atoms with Gasteiger partial charge in [0.05, 0.1) is 0 Å². The van der Waals surface area contributed by atoms with Gasteiger partial charge in [0.1, 0.15) is 5.75 Å². The number of phenolic OH excluding ortho intramolecular Hbond substituents is 1. The van der Waals surface area contributed by atoms with Gasteiger partial charge < -0.3 is 15.3 Å². The van der Waals surface area contributed by atoms with Crippen LogP contribution in [0.3, 0.4) is 0 Å². The molecule has 0 radical (unpaired) electrons. The fourth-order valence-corrected chi connectivity index (χ4v) is 3.58. The van der Waals surface area contributed by atoms with Crippen LogP contribution in [0.15, 0.2) is 18.2 Å². The number of anilines is 1. The van der Waals surface area contributed by atoms with E-state index in [1.54, 1.807) is 6.07 Å². The molecule has 1 unspecified atom stereocenters. The van der Waals surface area contributed by atoms with E-state index in [9.17, 15) is 5.11 Å². The highest BCUT2D eigenvalue weighted by Gasteiger charge is 2.32. The Morgan fingerprint density at radius 1 is 1.30 bits per heavy atom. The summed E-state index contributed by atoms with van der Waals surface area (Å²) in [4.78, 5) is 5.08. The van der Waals surface area contributed by atoms with Crippen LogP contribution in [0.5, 0.6) is 5.75 Å². The highest BCUT2D eigenvalue weighted by molar-refractivity contribution is 5.62. The molecular formula is C16H25N3O. The van der Waals surface area contributed by atoms with Crippen LogP contribution in [0.25, 0.3) is 0 Å². The number of hydrogen-bond donors (Lipinski definition) is 2. The number of nitrogens with one attached hydrogen (secondary N) is 1. The van der Waals surface area contributed by atoms with Crippen LogP contribution in [0, 0.1) is 0 Å². The van der Waals surface area contributed by atoms with Gasteiger partial charge in [-0.2, -0.15) is 0 Å². The Morgan fingerprint density at radius 3 is 2.75 bits per heavy atom. The fourth-order valence-electron chi connectivity index (χ4n) is 3.58. The van der Waals surface area contributed by atoms with Gasteiger partial charge in [0.25, 0.3) is 0 Å². The van der Waals surface area contributed by atoms with Crippen molar-refractivity contribution in [2.45, 2.75) is 32.4 Å². The predicted octanol–water partition coefficient (Wildman–Crippen LogP) is 1.44. The van der Waals surface area contributed by atoms with Gasteiger partial charge in [-0.25, -0.2) is 0 Å². The lowest BCUT2D eigenvalue weighted by Crippen LogP contribution is -2.50. The number of piperazine rings is 1. The average Bonchev–Trinajstić information content (AvgIpc) is 2.76. The normalized spacial score (nSPS) is 23.4. The van der Waals surface area contributed by atoms with Crippen molar-refractivity contribution in [3.05, 3.63) is 23.8 Å². The zero-order valence-corrected chi connectivity index (χ0v) is 12.5. The predicted molar refractivity (Wildman–Crippen MR) is 82.5 cm³/mol. The lowest BCUT2D eigenvalue weighted by atomic mass is 10.1. The summed E-state index contributed by atoms with van der Waals surface area (Å²) < 4.78 is 0. The minimum Gasteiger partial charge on any atom is -0.508 e. The van der Waals surface area contributed by atoms with Gasteiger partial charge in [-0.1, -0.05) is 0 Å². The Labute approximate surface area is 121 Å². The van der Waals surface area contributed by atoms with Crippen molar-refractivity contribution >= 4 is 5.69 Å². The van der Waals surface area contributed by atoms with Gasteiger partial charge in [0.15, 0.2) is 0 Å². The number of fused-ring (bicyclic) bond motifs is 1. The zero-order chi connectivity index (χ0) is 14.1. The fraction of sp³-hybridized carbons (Fsp3) is 0.625. The molecule has 2 aliphatic rings. The summed E-state index contributed by atoms with van der Waals surface area (Å²) in [5.74, 6) is 0.385. The van der Waals surface area contributed by atoms with Crippen molar-refractivity contribution in [1.82, 2.24) is 10.2 Å². The summed E-state index contributed by atoms with van der Waals surface area (Å²) in [6, 6.07) is 6.84. The number of aromatic hydroxyl groups is 1. The molecule has 0 bridgehead atoms. The quantitative estimate of drug-likeness (QED) is 0.875. The van der Waals surface area contributed by atoms with E-state index in [2.05, 4.69) is 35.0 Å². The van der Waals surface area contributed by atoms with Crippen LogP contribution in [-0.2, 0) is 6.42 Å². The van der Waals surface area contributed by atoms with Crippen molar-refractivity contribution in [2.24, 2.45) is 0 Å². The Hall–Kier alpha value is -1.26. The molecule has 2 N–H and O–H groups in total. The first-order valence-electron chi connectivity index (χ1n) is 7.68. The maximum absolute atomic E-state index is 9.69. The lowest BCUT2D eigenvalue weighted by molar-refractivity contribution is 0.224. The zero-order valence-electron chi connectivity index (χ0n) is 12.5. The number of phenols is 1. The van der Waals surface area contributed by atoms with E-state index in [1.807, 2.05) is 6.07 Å². The third kappa shape index (κ3) is 2.63. The van der Waals surface area contributed by atoms with Crippen LogP contribution >= 0.6 is 0 Å². The van der Waals surface area contributed by atoms with E-state index in [-0.39, 0.29) is 0 Å². The van der Waals surface area contributed by atoms with E-state index in [1.165, 1.54) is 11.3 Å². The number of benzene rings is 1. The van der Waals surface area contributed by atoms with Crippen LogP contribution in [0.4, 0.5) is 5.69 Å². The van der Waals surface area contributed by atoms with Gasteiger partial charge in [0.2, 0.25) is 0 Å². The minimum atomic E-state index is 0.385. The van der Waals surface area contributed by atoms with Crippen LogP contribution in [-0.4, -0.2) is 54.8 Å². The first-order valence-corrected chi connectivity index (χ1v) is 7.68. The molecule has 0 aliphatic carbocycles. The molecule has 1 aromatic rings. The summed E-state index contributed by atoms with van der Waals surface area (Å²) >= 11 is 0. The molecule has 1 saturated heterocycles. The van der Waals surface area contributed by atoms with Gasteiger partial charge in [0, 0.05) is 50.5 Å². The van der Waals surface area contributed by atoms with Gasteiger partial charge in [-0.15, -0.1) is 0 Å². The molecule has 0 spiro atoms. The molecule has 3 rings (SSSR count). The third-order valence-electron chi connectivity index (χ3n) is 4.43. The molecular weight excluding hydrogens is 250 g/mol. The van der Waals surface area contributed by atoms with Crippen LogP contribution < -0.4 is 10.2 Å². The second-order valence-corrected chi connectivity index (χ2v) is 6.22. The lowest BCUT2D eigenvalue weighted by Gasteiger charge is -2.36. The first-order chi connectivity index (χ1) is 9.65. The average molecular weight is 275 g/mol. The summed E-state index contributed by atoms with van der Waals surface area (Å²) in [6.07, 6.45) is 1.05. The standard InChI is InChI=1S/C16H25N3O/c1-12(2)19-14(11-18-7-5-17-6-8-18)9-13-10-15(20)3-4-16(13)19/h3-4,10,12,14,17,20H,5-9,11H2,1-2H3. The smallest absolute Gasteiger partial charge is 0.116 e. The van der Waals surface area contributed by atoms with Crippen molar-refractivity contribution < 1.29 is 5.11 Å². The van der Waals surface area contributed by atoms with Gasteiger partial charge >= 0.3 is 0 Å². The Balaban J connectivity index is 1.78. The van der Waals surface area contributed by atoms with E-state index >= 15 is 0 Å². The van der Waals surface area contributed by atoms with Crippen molar-refractivity contribution in [3.8, 4) is 5.75 Å². The topological polar surface area (TPSA) is 38.7 Å². The highest BCUT2D eigenvalue weighted by Crippen LogP contribution is 2.36. The maximum Gasteiger partial charge on any atom is 0.116 e. The minimum absolute atomic E-state index is 0.385. The SMILES string of the molecule is CC(C)N1c2ccc(O)cc2CC1CN1CCNCC1. The second-order valence-electron chi connectivity index (χ2n) is 6.22. The van der Waals surface area contributed by atoms with Gasteiger partial charge in [-0.05, 0) is 44.0 Å². The van der Waals surface area contributed by atoms with Gasteiger partial charge in [-0.3, -0.25) is 4.90 Å². The summed E-state index contributed by atoms with van der Waals surface area (Å²) in [6.45, 7) is 10.1. The van der Waals surface area contributed by atoms with E-state index in [0.29, 0.717) is 17.8 Å². The Bertz CT molecular complexity index is 469. The molecule has 2 aliphatic heterocycles. The number of hydrogen-bond acceptors (Lipinski definition) is 4. The molecule has 1 fully saturated rings. The second kappa shape index (κ2) is 5.62. The van der Waals surface area contributed by atoms with Crippen LogP contribution in [0.2, 0.25) is 0 Å². The molecule has 1 aromatic carbocycles. The monoisotopic (exact) mass is 275 g/mol. The molecule has 0 aromatic heterocycles. The highest BCUT2D eigenvalue weighted by atomic mass is 16.3. The summed E-state index contributed by atoms with van der Waals surface area (Å²) in [5.41, 5.74) is 2.59. The number of rotatable bonds is 3. The molecule has 1 atom stereocenters. The summed E-state index contributed by atoms with van der Waals surface area (Å²) in [7, 11) is 0. The summed E-state index contributed by atoms with van der Waals surface area (Å²) in [5, 5.41) is 13.1. The van der Waals surface area contributed by atoms with E-state index < -0.39 is 0 Å². The molecule has 4 nitrogen and oxygen atoms in total. The number of nitrogens with zero attached hydrogens (tertiary/aromatic N) is 2. The Kier molecular flexibility index (Phi) is 3.85. The third-order valence-corrected chi connectivity index (χ3v) is 4.43. The molecule has 0 amide bonds. The molecule has 110 valence electrons. The van der Waals surface area contributed by atoms with Crippen molar-refractivity contribution in [3.63, 3.8) is 0 Å². The molecule has 2 heterocycles. The maximum atomic E-state index is 9.69. The van der Waals surface area contributed by atoms with Crippen molar-refractivity contribution in [2.75, 3.05) is 37.6 Å². The Morgan fingerprint density at radius 2 is 2.05 bits per heavy atom. The van der Waals surface area contributed by atoms with E-state index in [0.717, 1.165) is 39.1 Å². The molecule has 0 saturated carbocycles. The molecule has 4 heteroatoms. The van der Waals surface area contributed by atoms with Crippen LogP contribution in [0.1, 0.15) is 19.4 Å². The van der Waals surface area contributed by atoms with Crippen molar-refractivity contribution in [1.29, 1.82) is 0 Å². The van der Waals surface area contributed by atoms with E-state index in [4.69, 9.17) is 0 Å². The molecule has 20 heavy (non-hydrogen) atoms.